The van der Waals surface area contributed by atoms with Crippen molar-refractivity contribution >= 4 is 0 Å². The highest BCUT2D eigenvalue weighted by atomic mass is 79.9. The summed E-state index contributed by atoms with van der Waals surface area (Å²) in [5.74, 6) is 0. The molecule has 0 aliphatic carbocycles. The van der Waals surface area contributed by atoms with E-state index < -0.39 is 0 Å². The molecule has 0 radical (unpaired) electrons. The molecule has 186 valence electrons. The number of halogens is 2. The minimum Gasteiger partial charge on any atom is -1.00 e. The predicted octanol–water partition coefficient (Wildman–Crippen LogP) is 0.0740. The van der Waals surface area contributed by atoms with Crippen LogP contribution < -0.4 is 43.1 Å². The number of aromatic nitrogens is 4. The van der Waals surface area contributed by atoms with Gasteiger partial charge in [-0.05, 0) is 38.5 Å². The topological polar surface area (TPSA) is 17.6 Å². The fraction of sp³-hybridized carbons (Fsp3) is 0.769. The Morgan fingerprint density at radius 2 is 0.875 bits per heavy atom. The van der Waals surface area contributed by atoms with Gasteiger partial charge in [0.15, 0.2) is 0 Å². The van der Waals surface area contributed by atoms with Crippen LogP contribution >= 0.6 is 0 Å². The maximum absolute atomic E-state index is 2.36. The highest BCUT2D eigenvalue weighted by Gasteiger charge is 2.06. The fourth-order valence-electron chi connectivity index (χ4n) is 4.14. The van der Waals surface area contributed by atoms with E-state index in [0.717, 1.165) is 13.1 Å². The van der Waals surface area contributed by atoms with Crippen LogP contribution in [0.5, 0.6) is 0 Å². The average molecular weight is 577 g/mol. The van der Waals surface area contributed by atoms with Gasteiger partial charge in [0.1, 0.15) is 24.8 Å². The van der Waals surface area contributed by atoms with Crippen molar-refractivity contribution in [3.63, 3.8) is 0 Å². The first-order chi connectivity index (χ1) is 14.8. The third-order valence-corrected chi connectivity index (χ3v) is 6.11. The lowest BCUT2D eigenvalue weighted by Crippen LogP contribution is -3.00. The van der Waals surface area contributed by atoms with E-state index in [1.54, 1.807) is 0 Å². The normalized spacial score (nSPS) is 10.7. The fourth-order valence-corrected chi connectivity index (χ4v) is 4.14. The summed E-state index contributed by atoms with van der Waals surface area (Å²) in [6.45, 7) is 9.16. The smallest absolute Gasteiger partial charge is 0.243 e. The van der Waals surface area contributed by atoms with Gasteiger partial charge < -0.3 is 34.0 Å². The summed E-state index contributed by atoms with van der Waals surface area (Å²) < 4.78 is 9.42. The first kappa shape index (κ1) is 31.4. The van der Waals surface area contributed by atoms with Crippen LogP contribution in [-0.2, 0) is 26.2 Å². The summed E-state index contributed by atoms with van der Waals surface area (Å²) in [6, 6.07) is 0. The summed E-state index contributed by atoms with van der Waals surface area (Å²) in [4.78, 5) is 0. The van der Waals surface area contributed by atoms with Crippen molar-refractivity contribution in [3.8, 4) is 0 Å². The zero-order valence-corrected chi connectivity index (χ0v) is 23.9. The van der Waals surface area contributed by atoms with Crippen molar-refractivity contribution in [2.75, 3.05) is 0 Å². The number of hydrogen-bond donors (Lipinski definition) is 0. The molecular weight excluding hydrogens is 528 g/mol. The third-order valence-electron chi connectivity index (χ3n) is 6.11. The van der Waals surface area contributed by atoms with E-state index in [0.29, 0.717) is 0 Å². The van der Waals surface area contributed by atoms with E-state index in [-0.39, 0.29) is 34.0 Å². The Hall–Kier alpha value is -0.620. The number of aryl methyl sites for hydroxylation is 4. The maximum atomic E-state index is 2.36. The Kier molecular flexibility index (Phi) is 20.5. The molecule has 0 saturated heterocycles. The van der Waals surface area contributed by atoms with Crippen LogP contribution in [0.1, 0.15) is 104 Å². The molecule has 0 bridgehead atoms. The molecule has 0 fully saturated rings. The van der Waals surface area contributed by atoms with E-state index >= 15 is 0 Å². The molecule has 0 spiro atoms. The molecule has 6 heteroatoms. The first-order valence-corrected chi connectivity index (χ1v) is 12.9. The van der Waals surface area contributed by atoms with Crippen LogP contribution in [-0.4, -0.2) is 9.13 Å². The number of unbranched alkanes of at least 4 members (excludes halogenated alkanes) is 11. The van der Waals surface area contributed by atoms with Crippen LogP contribution in [0.3, 0.4) is 0 Å². The number of nitrogens with zero attached hydrogens (tertiary/aromatic N) is 4. The van der Waals surface area contributed by atoms with Gasteiger partial charge in [-0.3, -0.25) is 0 Å². The largest absolute Gasteiger partial charge is 1.00 e. The zero-order valence-electron chi connectivity index (χ0n) is 20.7. The quantitative estimate of drug-likeness (QED) is 0.167. The van der Waals surface area contributed by atoms with Crippen molar-refractivity contribution in [2.45, 2.75) is 130 Å². The average Bonchev–Trinajstić information content (AvgIpc) is 3.40. The summed E-state index contributed by atoms with van der Waals surface area (Å²) in [5.41, 5.74) is 0. The predicted molar refractivity (Wildman–Crippen MR) is 125 cm³/mol. The number of hydrogen-bond acceptors (Lipinski definition) is 0. The highest BCUT2D eigenvalue weighted by Crippen LogP contribution is 2.06. The molecule has 2 heterocycles. The lowest BCUT2D eigenvalue weighted by atomic mass is 10.1. The van der Waals surface area contributed by atoms with Crippen LogP contribution in [0.2, 0.25) is 0 Å². The molecule has 0 N–H and O–H groups in total. The van der Waals surface area contributed by atoms with Crippen LogP contribution in [0, 0.1) is 0 Å². The second-order valence-electron chi connectivity index (χ2n) is 9.02. The van der Waals surface area contributed by atoms with Gasteiger partial charge in [-0.15, -0.1) is 0 Å². The van der Waals surface area contributed by atoms with Crippen molar-refractivity contribution in [3.05, 3.63) is 37.4 Å². The molecule has 0 amide bonds. The van der Waals surface area contributed by atoms with Gasteiger partial charge in [-0.1, -0.05) is 65.2 Å². The van der Waals surface area contributed by atoms with Gasteiger partial charge in [0.25, 0.3) is 0 Å². The van der Waals surface area contributed by atoms with Gasteiger partial charge in [-0.25, -0.2) is 18.3 Å². The molecule has 0 aliphatic rings. The minimum absolute atomic E-state index is 0. The van der Waals surface area contributed by atoms with E-state index in [4.69, 9.17) is 0 Å². The second kappa shape index (κ2) is 20.9. The minimum atomic E-state index is 0. The summed E-state index contributed by atoms with van der Waals surface area (Å²) in [7, 11) is 0. The summed E-state index contributed by atoms with van der Waals surface area (Å²) >= 11 is 0. The molecule has 0 saturated carbocycles. The van der Waals surface area contributed by atoms with Gasteiger partial charge in [0.2, 0.25) is 12.7 Å². The van der Waals surface area contributed by atoms with Gasteiger partial charge in [0, 0.05) is 0 Å². The Labute approximate surface area is 219 Å². The molecule has 0 atom stereocenters. The number of rotatable bonds is 19. The summed E-state index contributed by atoms with van der Waals surface area (Å²) in [6.07, 6.45) is 32.4. The molecular formula is C26H48Br2N4. The van der Waals surface area contributed by atoms with Crippen molar-refractivity contribution in [2.24, 2.45) is 0 Å². The number of imidazole rings is 2. The Morgan fingerprint density at radius 3 is 1.28 bits per heavy atom. The molecule has 32 heavy (non-hydrogen) atoms. The summed E-state index contributed by atoms with van der Waals surface area (Å²) in [5, 5.41) is 0. The maximum Gasteiger partial charge on any atom is 0.243 e. The first-order valence-electron chi connectivity index (χ1n) is 12.9. The van der Waals surface area contributed by atoms with Crippen LogP contribution in [0.25, 0.3) is 0 Å². The van der Waals surface area contributed by atoms with Gasteiger partial charge in [0.05, 0.1) is 26.2 Å². The van der Waals surface area contributed by atoms with Crippen LogP contribution in [0.15, 0.2) is 37.4 Å². The third kappa shape index (κ3) is 14.5. The van der Waals surface area contributed by atoms with E-state index in [9.17, 15) is 0 Å². The Morgan fingerprint density at radius 1 is 0.500 bits per heavy atom. The second-order valence-corrected chi connectivity index (χ2v) is 9.02. The van der Waals surface area contributed by atoms with Crippen LogP contribution in [0.4, 0.5) is 0 Å². The molecule has 4 nitrogen and oxygen atoms in total. The zero-order chi connectivity index (χ0) is 21.3. The lowest BCUT2D eigenvalue weighted by molar-refractivity contribution is -0.697. The molecule has 0 aliphatic heterocycles. The molecule has 0 unspecified atom stereocenters. The molecule has 2 aromatic heterocycles. The Bertz CT molecular complexity index is 598. The van der Waals surface area contributed by atoms with Crippen molar-refractivity contribution < 1.29 is 43.1 Å². The standard InChI is InChI=1S/C26H48N4.2BrH/c1-3-5-7-9-11-13-17-27-21-23-29(25-27)19-15-16-20-30-24-22-28(26-30)18-14-12-10-8-6-4-2;;/h21-26H,3-20H2,1-2H3;2*1H/q+2;;/p-2. The van der Waals surface area contributed by atoms with Gasteiger partial charge in [-0.2, -0.15) is 0 Å². The Balaban J connectivity index is 0.00000480. The van der Waals surface area contributed by atoms with Crippen molar-refractivity contribution in [1.29, 1.82) is 0 Å². The van der Waals surface area contributed by atoms with E-state index in [1.165, 1.54) is 103 Å². The van der Waals surface area contributed by atoms with Crippen molar-refractivity contribution in [1.82, 2.24) is 9.13 Å². The molecule has 0 aromatic carbocycles. The van der Waals surface area contributed by atoms with E-state index in [1.807, 2.05) is 0 Å². The highest BCUT2D eigenvalue weighted by molar-refractivity contribution is 4.68. The molecule has 2 aromatic rings. The monoisotopic (exact) mass is 574 g/mol. The lowest BCUT2D eigenvalue weighted by Gasteiger charge is -1.99. The SMILES string of the molecule is CCCCCCCC[n+]1ccn(CCCCn2cc[n+](CCCCCCCC)c2)c1.[Br-].[Br-]. The molecule has 2 rings (SSSR count). The van der Waals surface area contributed by atoms with Gasteiger partial charge >= 0.3 is 0 Å². The van der Waals surface area contributed by atoms with E-state index in [2.05, 4.69) is 69.6 Å².